The van der Waals surface area contributed by atoms with E-state index in [4.69, 9.17) is 8.85 Å². The highest BCUT2D eigenvalue weighted by atomic mass is 28.4. The third-order valence-corrected chi connectivity index (χ3v) is 5.52. The van der Waals surface area contributed by atoms with Gasteiger partial charge in [0.2, 0.25) is 0 Å². The minimum absolute atomic E-state index is 0.367. The third-order valence-electron chi connectivity index (χ3n) is 2.98. The van der Waals surface area contributed by atoms with E-state index in [1.54, 1.807) is 6.08 Å². The topological polar surface area (TPSA) is 38.7 Å². The van der Waals surface area contributed by atoms with Gasteiger partial charge >= 0.3 is 8.80 Å². The van der Waals surface area contributed by atoms with E-state index in [0.717, 1.165) is 12.8 Å². The summed E-state index contributed by atoms with van der Waals surface area (Å²) in [6, 6.07) is 0.389. The molecule has 0 aliphatic carbocycles. The van der Waals surface area contributed by atoms with Crippen molar-refractivity contribution < 1.29 is 13.6 Å². The van der Waals surface area contributed by atoms with E-state index in [1.165, 1.54) is 0 Å². The van der Waals surface area contributed by atoms with Crippen molar-refractivity contribution in [2.45, 2.75) is 71.6 Å². The molecule has 0 radical (unpaired) electrons. The molecule has 102 valence electrons. The molecule has 0 atom stereocenters. The maximum absolute atomic E-state index is 10.6. The molecule has 0 aromatic rings. The average Bonchev–Trinajstić information content (AvgIpc) is 2.16. The van der Waals surface area contributed by atoms with Crippen LogP contribution in [-0.2, 0) is 8.85 Å². The van der Waals surface area contributed by atoms with Crippen LogP contribution in [0.2, 0.25) is 6.04 Å². The second-order valence-corrected chi connectivity index (χ2v) is 7.88. The van der Waals surface area contributed by atoms with Gasteiger partial charge in [-0.05, 0) is 40.5 Å². The van der Waals surface area contributed by atoms with Gasteiger partial charge in [-0.2, -0.15) is 0 Å². The molecule has 0 saturated heterocycles. The van der Waals surface area contributed by atoms with Crippen molar-refractivity contribution in [1.29, 1.82) is 0 Å². The fourth-order valence-corrected chi connectivity index (χ4v) is 3.88. The standard InChI is InChI=1S/C13H28O3Si/c1-8-11-17(14,15-12(4,5)9-2)16-13(6,7)10-3/h8,14H,1,9-11H2,2-7H3. The minimum Gasteiger partial charge on any atom is -0.389 e. The zero-order chi connectivity index (χ0) is 13.7. The number of hydrogen-bond donors (Lipinski definition) is 1. The van der Waals surface area contributed by atoms with Gasteiger partial charge in [0.25, 0.3) is 0 Å². The molecule has 0 aliphatic heterocycles. The Bertz CT molecular complexity index is 231. The van der Waals surface area contributed by atoms with E-state index < -0.39 is 8.80 Å². The summed E-state index contributed by atoms with van der Waals surface area (Å²) in [5.41, 5.74) is -0.735. The molecule has 0 saturated carbocycles. The van der Waals surface area contributed by atoms with E-state index in [9.17, 15) is 4.80 Å². The summed E-state index contributed by atoms with van der Waals surface area (Å²) in [7, 11) is -3.18. The lowest BCUT2D eigenvalue weighted by molar-refractivity contribution is -0.0410. The molecule has 0 spiro atoms. The molecule has 17 heavy (non-hydrogen) atoms. The molecule has 0 unspecified atom stereocenters. The molecule has 0 amide bonds. The zero-order valence-electron chi connectivity index (χ0n) is 12.2. The molecule has 0 heterocycles. The second-order valence-electron chi connectivity index (χ2n) is 5.64. The highest BCUT2D eigenvalue weighted by molar-refractivity contribution is 6.60. The maximum atomic E-state index is 10.6. The van der Waals surface area contributed by atoms with Crippen LogP contribution < -0.4 is 0 Å². The van der Waals surface area contributed by atoms with Crippen molar-refractivity contribution in [3.8, 4) is 0 Å². The third kappa shape index (κ3) is 6.36. The highest BCUT2D eigenvalue weighted by Crippen LogP contribution is 2.28. The molecular weight excluding hydrogens is 232 g/mol. The van der Waals surface area contributed by atoms with Crippen LogP contribution in [0, 0.1) is 0 Å². The molecule has 3 nitrogen and oxygen atoms in total. The lowest BCUT2D eigenvalue weighted by Crippen LogP contribution is -2.52. The Kier molecular flexibility index (Phi) is 6.08. The first kappa shape index (κ1) is 16.8. The van der Waals surface area contributed by atoms with Gasteiger partial charge in [0, 0.05) is 6.04 Å². The van der Waals surface area contributed by atoms with Crippen LogP contribution in [0.15, 0.2) is 12.7 Å². The van der Waals surface area contributed by atoms with E-state index in [1.807, 2.05) is 41.5 Å². The van der Waals surface area contributed by atoms with Crippen molar-refractivity contribution in [3.05, 3.63) is 12.7 Å². The zero-order valence-corrected chi connectivity index (χ0v) is 13.2. The van der Waals surface area contributed by atoms with Gasteiger partial charge in [-0.25, -0.2) is 0 Å². The summed E-state index contributed by atoms with van der Waals surface area (Å²) in [5.74, 6) is 0. The van der Waals surface area contributed by atoms with Crippen LogP contribution in [0.25, 0.3) is 0 Å². The lowest BCUT2D eigenvalue weighted by Gasteiger charge is -2.38. The lowest BCUT2D eigenvalue weighted by atomic mass is 10.1. The van der Waals surface area contributed by atoms with E-state index >= 15 is 0 Å². The Morgan fingerprint density at radius 1 is 1.06 bits per heavy atom. The van der Waals surface area contributed by atoms with Crippen molar-refractivity contribution in [2.75, 3.05) is 0 Å². The molecule has 0 rings (SSSR count). The van der Waals surface area contributed by atoms with Crippen molar-refractivity contribution >= 4 is 8.80 Å². The van der Waals surface area contributed by atoms with Crippen LogP contribution in [0.1, 0.15) is 54.4 Å². The SMILES string of the molecule is C=CC[Si](O)(OC(C)(C)CC)OC(C)(C)CC. The Morgan fingerprint density at radius 3 is 1.65 bits per heavy atom. The molecule has 1 N–H and O–H groups in total. The first-order valence-corrected chi connectivity index (χ1v) is 8.30. The highest BCUT2D eigenvalue weighted by Gasteiger charge is 2.44. The molecular formula is C13H28O3Si. The molecule has 0 aromatic carbocycles. The summed E-state index contributed by atoms with van der Waals surface area (Å²) in [6.07, 6.45) is 3.33. The van der Waals surface area contributed by atoms with Gasteiger partial charge in [-0.15, -0.1) is 6.58 Å². The second kappa shape index (κ2) is 6.14. The number of rotatable bonds is 8. The smallest absolute Gasteiger partial charge is 0.389 e. The van der Waals surface area contributed by atoms with Crippen LogP contribution in [0.5, 0.6) is 0 Å². The van der Waals surface area contributed by atoms with Gasteiger partial charge in [0.15, 0.2) is 0 Å². The van der Waals surface area contributed by atoms with E-state index in [-0.39, 0.29) is 11.2 Å². The summed E-state index contributed by atoms with van der Waals surface area (Å²) in [5, 5.41) is 0. The van der Waals surface area contributed by atoms with E-state index in [0.29, 0.717) is 6.04 Å². The monoisotopic (exact) mass is 260 g/mol. The predicted molar refractivity (Wildman–Crippen MR) is 73.9 cm³/mol. The van der Waals surface area contributed by atoms with Crippen LogP contribution >= 0.6 is 0 Å². The van der Waals surface area contributed by atoms with Crippen molar-refractivity contribution in [1.82, 2.24) is 0 Å². The Morgan fingerprint density at radius 2 is 1.41 bits per heavy atom. The van der Waals surface area contributed by atoms with Gasteiger partial charge in [-0.3, -0.25) is 0 Å². The molecule has 0 aromatic heterocycles. The molecule has 4 heteroatoms. The molecule has 0 fully saturated rings. The fourth-order valence-electron chi connectivity index (χ4n) is 1.29. The van der Waals surface area contributed by atoms with Gasteiger partial charge < -0.3 is 13.6 Å². The summed E-state index contributed by atoms with van der Waals surface area (Å²) in [6.45, 7) is 15.6. The van der Waals surface area contributed by atoms with Crippen LogP contribution in [0.4, 0.5) is 0 Å². The predicted octanol–water partition coefficient (Wildman–Crippen LogP) is 3.51. The fraction of sp³-hybridized carbons (Fsp3) is 0.846. The molecule has 0 bridgehead atoms. The Balaban J connectivity index is 4.84. The maximum Gasteiger partial charge on any atom is 0.503 e. The summed E-state index contributed by atoms with van der Waals surface area (Å²) < 4.78 is 11.7. The Labute approximate surface area is 107 Å². The van der Waals surface area contributed by atoms with Crippen molar-refractivity contribution in [3.63, 3.8) is 0 Å². The van der Waals surface area contributed by atoms with Gasteiger partial charge in [0.1, 0.15) is 0 Å². The van der Waals surface area contributed by atoms with Crippen molar-refractivity contribution in [2.24, 2.45) is 0 Å². The Hall–Kier alpha value is -0.163. The van der Waals surface area contributed by atoms with Gasteiger partial charge in [0.05, 0.1) is 11.2 Å². The molecule has 0 aliphatic rings. The summed E-state index contributed by atoms with van der Waals surface area (Å²) >= 11 is 0. The van der Waals surface area contributed by atoms with Gasteiger partial charge in [-0.1, -0.05) is 19.9 Å². The normalized spacial score (nSPS) is 13.8. The summed E-state index contributed by atoms with van der Waals surface area (Å²) in [4.78, 5) is 10.6. The first-order valence-electron chi connectivity index (χ1n) is 6.33. The quantitative estimate of drug-likeness (QED) is 0.536. The van der Waals surface area contributed by atoms with Crippen LogP contribution in [0.3, 0.4) is 0 Å². The number of allylic oxidation sites excluding steroid dienone is 1. The first-order chi connectivity index (χ1) is 7.60. The van der Waals surface area contributed by atoms with E-state index in [2.05, 4.69) is 6.58 Å². The largest absolute Gasteiger partial charge is 0.503 e. The minimum atomic E-state index is -3.18. The number of hydrogen-bond acceptors (Lipinski definition) is 3. The average molecular weight is 260 g/mol. The van der Waals surface area contributed by atoms with Crippen LogP contribution in [-0.4, -0.2) is 24.8 Å².